The van der Waals surface area contributed by atoms with Gasteiger partial charge in [-0.05, 0) is 70.8 Å². The van der Waals surface area contributed by atoms with Crippen LogP contribution in [0.2, 0.25) is 0 Å². The minimum atomic E-state index is -0.652. The molecule has 4 atom stereocenters. The Morgan fingerprint density at radius 1 is 0.589 bits per heavy atom. The molecule has 0 aliphatic carbocycles. The number of aliphatic hydroxyl groups excluding tert-OH is 2. The number of benzene rings is 4. The maximum atomic E-state index is 12.3. The molecule has 7 rings (SSSR count). The molecular formula is C44H50N6O6. The minimum absolute atomic E-state index is 0.0929. The molecule has 12 nitrogen and oxygen atoms in total. The number of rotatable bonds is 14. The molecule has 2 amide bonds. The summed E-state index contributed by atoms with van der Waals surface area (Å²) < 4.78 is 11.8. The van der Waals surface area contributed by atoms with Crippen LogP contribution in [-0.4, -0.2) is 118 Å². The van der Waals surface area contributed by atoms with Crippen molar-refractivity contribution in [3.8, 4) is 11.5 Å². The third kappa shape index (κ3) is 9.69. The van der Waals surface area contributed by atoms with Crippen LogP contribution in [0.25, 0.3) is 0 Å². The third-order valence-electron chi connectivity index (χ3n) is 10.5. The highest BCUT2D eigenvalue weighted by Gasteiger charge is 2.32. The summed E-state index contributed by atoms with van der Waals surface area (Å²) in [6.45, 7) is 7.53. The first-order chi connectivity index (χ1) is 27.2. The number of hydrazone groups is 2. The first kappa shape index (κ1) is 38.9. The van der Waals surface area contributed by atoms with Crippen LogP contribution in [0.5, 0.6) is 11.5 Å². The molecule has 0 radical (unpaired) electrons. The van der Waals surface area contributed by atoms with Crippen LogP contribution < -0.4 is 9.47 Å². The quantitative estimate of drug-likeness (QED) is 0.186. The molecule has 1 saturated heterocycles. The van der Waals surface area contributed by atoms with Gasteiger partial charge in [0.05, 0.1) is 23.5 Å². The van der Waals surface area contributed by atoms with Gasteiger partial charge in [-0.1, -0.05) is 60.7 Å². The Kier molecular flexibility index (Phi) is 12.5. The van der Waals surface area contributed by atoms with E-state index in [1.165, 1.54) is 13.8 Å². The summed E-state index contributed by atoms with van der Waals surface area (Å²) in [5.74, 6) is 1.13. The predicted octanol–water partition coefficient (Wildman–Crippen LogP) is 4.88. The number of hydrogen-bond acceptors (Lipinski definition) is 10. The van der Waals surface area contributed by atoms with Crippen LogP contribution >= 0.6 is 0 Å². The van der Waals surface area contributed by atoms with E-state index in [4.69, 9.17) is 9.47 Å². The van der Waals surface area contributed by atoms with Crippen LogP contribution in [0.3, 0.4) is 0 Å². The highest BCUT2D eigenvalue weighted by Crippen LogP contribution is 2.34. The van der Waals surface area contributed by atoms with E-state index in [0.29, 0.717) is 37.4 Å². The van der Waals surface area contributed by atoms with E-state index < -0.39 is 12.2 Å². The standard InChI is InChI=1S/C44H50N6O6/c1-31(51)49-43(35-9-5-3-6-10-35)25-41(45-49)33-13-17-39(18-14-33)55-29-37(53)27-47-21-23-48(24-22-47)28-38(54)30-56-40-19-15-34(16-20-40)42-26-44(50(46-42)32(2)52)36-11-7-4-8-12-36/h3-20,37-38,43-44,53-54H,21-30H2,1-2H3/t37-,38+,43-,44+. The normalized spacial score (nSPS) is 20.0. The number of aliphatic hydroxyl groups is 2. The fraction of sp³-hybridized carbons (Fsp3) is 0.364. The topological polar surface area (TPSA) is 131 Å². The monoisotopic (exact) mass is 758 g/mol. The Morgan fingerprint density at radius 3 is 1.29 bits per heavy atom. The molecule has 0 saturated carbocycles. The van der Waals surface area contributed by atoms with Crippen molar-refractivity contribution in [1.29, 1.82) is 0 Å². The van der Waals surface area contributed by atoms with E-state index in [0.717, 1.165) is 59.9 Å². The molecule has 0 aromatic heterocycles. The lowest BCUT2D eigenvalue weighted by Gasteiger charge is -2.36. The average molecular weight is 759 g/mol. The number of carbonyl (C=O) groups is 2. The lowest BCUT2D eigenvalue weighted by atomic mass is 9.98. The van der Waals surface area contributed by atoms with E-state index in [1.54, 1.807) is 10.0 Å². The van der Waals surface area contributed by atoms with Crippen molar-refractivity contribution in [3.05, 3.63) is 131 Å². The second-order valence-corrected chi connectivity index (χ2v) is 14.7. The van der Waals surface area contributed by atoms with Crippen molar-refractivity contribution in [1.82, 2.24) is 19.8 Å². The number of amides is 2. The lowest BCUT2D eigenvalue weighted by Crippen LogP contribution is -2.51. The number of β-amino-alcohol motifs (C(OH)–C–C–N with tert-alkyl or cyclic N) is 2. The first-order valence-electron chi connectivity index (χ1n) is 19.3. The summed E-state index contributed by atoms with van der Waals surface area (Å²) in [6, 6.07) is 34.9. The van der Waals surface area contributed by atoms with Gasteiger partial charge >= 0.3 is 0 Å². The maximum absolute atomic E-state index is 12.3. The second-order valence-electron chi connectivity index (χ2n) is 14.7. The fourth-order valence-corrected chi connectivity index (χ4v) is 7.55. The van der Waals surface area contributed by atoms with Crippen molar-refractivity contribution >= 4 is 23.2 Å². The molecule has 12 heteroatoms. The molecule has 1 fully saturated rings. The van der Waals surface area contributed by atoms with Gasteiger partial charge in [0.15, 0.2) is 0 Å². The van der Waals surface area contributed by atoms with E-state index >= 15 is 0 Å². The number of hydrogen-bond donors (Lipinski definition) is 2. The summed E-state index contributed by atoms with van der Waals surface area (Å²) in [5, 5.41) is 33.9. The van der Waals surface area contributed by atoms with E-state index in [-0.39, 0.29) is 37.1 Å². The Hall–Kier alpha value is -5.40. The largest absolute Gasteiger partial charge is 0.491 e. The summed E-state index contributed by atoms with van der Waals surface area (Å²) in [7, 11) is 0. The molecule has 3 aliphatic heterocycles. The maximum Gasteiger partial charge on any atom is 0.240 e. The number of nitrogens with zero attached hydrogens (tertiary/aromatic N) is 6. The van der Waals surface area contributed by atoms with Gasteiger partial charge < -0.3 is 19.7 Å². The smallest absolute Gasteiger partial charge is 0.240 e. The number of carbonyl (C=O) groups excluding carboxylic acids is 2. The van der Waals surface area contributed by atoms with E-state index in [2.05, 4.69) is 20.0 Å². The molecule has 56 heavy (non-hydrogen) atoms. The highest BCUT2D eigenvalue weighted by molar-refractivity contribution is 6.04. The van der Waals surface area contributed by atoms with Gasteiger partial charge in [0.1, 0.15) is 36.9 Å². The fourth-order valence-electron chi connectivity index (χ4n) is 7.55. The summed E-state index contributed by atoms with van der Waals surface area (Å²) in [5.41, 5.74) is 5.67. The van der Waals surface area contributed by atoms with Gasteiger partial charge in [-0.2, -0.15) is 10.2 Å². The molecule has 0 bridgehead atoms. The van der Waals surface area contributed by atoms with Gasteiger partial charge in [0.2, 0.25) is 11.8 Å². The van der Waals surface area contributed by atoms with Crippen molar-refractivity contribution in [3.63, 3.8) is 0 Å². The van der Waals surface area contributed by atoms with Crippen molar-refractivity contribution < 1.29 is 29.3 Å². The van der Waals surface area contributed by atoms with Gasteiger partial charge in [0, 0.05) is 66.0 Å². The van der Waals surface area contributed by atoms with Crippen LogP contribution in [0.15, 0.2) is 119 Å². The average Bonchev–Trinajstić information content (AvgIpc) is 3.88. The zero-order chi connectivity index (χ0) is 39.0. The van der Waals surface area contributed by atoms with Crippen LogP contribution in [0.1, 0.15) is 61.0 Å². The molecule has 4 aromatic carbocycles. The Bertz CT molecular complexity index is 1840. The van der Waals surface area contributed by atoms with Crippen molar-refractivity contribution in [2.75, 3.05) is 52.5 Å². The highest BCUT2D eigenvalue weighted by atomic mass is 16.5. The van der Waals surface area contributed by atoms with E-state index in [9.17, 15) is 19.8 Å². The second kappa shape index (κ2) is 18.0. The summed E-state index contributed by atoms with van der Waals surface area (Å²) in [6.07, 6.45) is -0.0358. The Labute approximate surface area is 328 Å². The van der Waals surface area contributed by atoms with Gasteiger partial charge in [0.25, 0.3) is 0 Å². The third-order valence-corrected chi connectivity index (χ3v) is 10.5. The molecule has 0 unspecified atom stereocenters. The zero-order valence-electron chi connectivity index (χ0n) is 32.0. The number of piperazine rings is 1. The van der Waals surface area contributed by atoms with Crippen molar-refractivity contribution in [2.24, 2.45) is 10.2 Å². The van der Waals surface area contributed by atoms with Crippen LogP contribution in [0.4, 0.5) is 0 Å². The minimum Gasteiger partial charge on any atom is -0.491 e. The predicted molar refractivity (Wildman–Crippen MR) is 214 cm³/mol. The summed E-state index contributed by atoms with van der Waals surface area (Å²) >= 11 is 0. The van der Waals surface area contributed by atoms with Crippen LogP contribution in [0, 0.1) is 0 Å². The molecule has 4 aromatic rings. The first-order valence-corrected chi connectivity index (χ1v) is 19.3. The van der Waals surface area contributed by atoms with Crippen LogP contribution in [-0.2, 0) is 9.59 Å². The molecular weight excluding hydrogens is 709 g/mol. The zero-order valence-corrected chi connectivity index (χ0v) is 32.0. The van der Waals surface area contributed by atoms with E-state index in [1.807, 2.05) is 109 Å². The molecule has 292 valence electrons. The number of ether oxygens (including phenoxy) is 2. The molecule has 3 aliphatic rings. The molecule has 2 N–H and O–H groups in total. The molecule has 0 spiro atoms. The van der Waals surface area contributed by atoms with Gasteiger partial charge in [-0.3, -0.25) is 19.4 Å². The van der Waals surface area contributed by atoms with Gasteiger partial charge in [-0.25, -0.2) is 10.0 Å². The van der Waals surface area contributed by atoms with Crippen molar-refractivity contribution in [2.45, 2.75) is 51.0 Å². The summed E-state index contributed by atoms with van der Waals surface area (Å²) in [4.78, 5) is 29.1. The lowest BCUT2D eigenvalue weighted by molar-refractivity contribution is -0.131. The SMILES string of the molecule is CC(=O)N1N=C(c2ccc(OC[C@H](O)CN3CCN(C[C@H](O)COc4ccc(C5=NN(C(C)=O)[C@H](c6ccccc6)C5)cc4)CC3)cc2)C[C@@H]1c1ccccc1. The molecule has 3 heterocycles. The Balaban J connectivity index is 0.799. The van der Waals surface area contributed by atoms with Gasteiger partial charge in [-0.15, -0.1) is 0 Å². The Morgan fingerprint density at radius 2 is 0.946 bits per heavy atom.